The third-order valence-corrected chi connectivity index (χ3v) is 7.64. The fourth-order valence-corrected chi connectivity index (χ4v) is 5.76. The Hall–Kier alpha value is -3.43. The summed E-state index contributed by atoms with van der Waals surface area (Å²) >= 11 is 1.39. The van der Waals surface area contributed by atoms with Gasteiger partial charge < -0.3 is 9.30 Å². The lowest BCUT2D eigenvalue weighted by molar-refractivity contribution is 0.0998. The summed E-state index contributed by atoms with van der Waals surface area (Å²) in [6.45, 7) is 6.90. The minimum atomic E-state index is -3.87. The maximum absolute atomic E-state index is 13.2. The van der Waals surface area contributed by atoms with Crippen molar-refractivity contribution in [2.75, 3.05) is 11.3 Å². The van der Waals surface area contributed by atoms with Crippen LogP contribution in [0.5, 0.6) is 5.75 Å². The van der Waals surface area contributed by atoms with Crippen LogP contribution in [0.2, 0.25) is 0 Å². The molecule has 0 aliphatic rings. The molecule has 4 rings (SSSR count). The molecule has 0 fully saturated rings. The van der Waals surface area contributed by atoms with Gasteiger partial charge in [-0.1, -0.05) is 47.2 Å². The van der Waals surface area contributed by atoms with Crippen molar-refractivity contribution in [3.05, 3.63) is 82.7 Å². The zero-order chi connectivity index (χ0) is 24.3. The van der Waals surface area contributed by atoms with E-state index >= 15 is 0 Å². The van der Waals surface area contributed by atoms with E-state index in [9.17, 15) is 13.2 Å². The van der Waals surface area contributed by atoms with Gasteiger partial charge in [-0.15, -0.1) is 0 Å². The number of thiazole rings is 1. The quantitative estimate of drug-likeness (QED) is 0.392. The van der Waals surface area contributed by atoms with Gasteiger partial charge in [0.15, 0.2) is 4.80 Å². The fourth-order valence-electron chi connectivity index (χ4n) is 3.58. The molecule has 9 heteroatoms. The van der Waals surface area contributed by atoms with E-state index in [1.54, 1.807) is 36.4 Å². The normalized spacial score (nSPS) is 12.1. The number of fused-ring (bicyclic) bond motifs is 1. The van der Waals surface area contributed by atoms with Crippen molar-refractivity contribution in [2.24, 2.45) is 4.99 Å². The van der Waals surface area contributed by atoms with Gasteiger partial charge in [0, 0.05) is 6.54 Å². The molecule has 0 aliphatic heterocycles. The average Bonchev–Trinajstić information content (AvgIpc) is 3.17. The van der Waals surface area contributed by atoms with Crippen molar-refractivity contribution < 1.29 is 17.9 Å². The van der Waals surface area contributed by atoms with Crippen LogP contribution < -0.4 is 14.3 Å². The highest BCUT2D eigenvalue weighted by atomic mass is 32.2. The van der Waals surface area contributed by atoms with Crippen LogP contribution in [0.4, 0.5) is 5.69 Å². The van der Waals surface area contributed by atoms with Gasteiger partial charge in [-0.2, -0.15) is 4.99 Å². The molecule has 34 heavy (non-hydrogen) atoms. The molecule has 3 aromatic carbocycles. The molecule has 0 atom stereocenters. The smallest absolute Gasteiger partial charge is 0.281 e. The molecule has 0 saturated heterocycles. The molecule has 1 amide bonds. The summed E-state index contributed by atoms with van der Waals surface area (Å²) in [5, 5.41) is 0. The Morgan fingerprint density at radius 3 is 2.47 bits per heavy atom. The van der Waals surface area contributed by atoms with Crippen LogP contribution in [0.25, 0.3) is 10.2 Å². The first kappa shape index (κ1) is 23.7. The number of rotatable bonds is 7. The maximum Gasteiger partial charge on any atom is 0.281 e. The number of carbonyl (C=O) groups is 1. The Morgan fingerprint density at radius 1 is 1.03 bits per heavy atom. The van der Waals surface area contributed by atoms with Gasteiger partial charge in [-0.05, 0) is 57.2 Å². The maximum atomic E-state index is 13.2. The van der Waals surface area contributed by atoms with Gasteiger partial charge in [0.25, 0.3) is 15.9 Å². The van der Waals surface area contributed by atoms with E-state index in [1.807, 2.05) is 43.5 Å². The largest absolute Gasteiger partial charge is 0.492 e. The van der Waals surface area contributed by atoms with Crippen molar-refractivity contribution in [3.63, 3.8) is 0 Å². The van der Waals surface area contributed by atoms with E-state index in [-0.39, 0.29) is 16.1 Å². The van der Waals surface area contributed by atoms with Crippen LogP contribution >= 0.6 is 11.3 Å². The highest BCUT2D eigenvalue weighted by molar-refractivity contribution is 7.92. The van der Waals surface area contributed by atoms with Crippen molar-refractivity contribution in [3.8, 4) is 5.75 Å². The summed E-state index contributed by atoms with van der Waals surface area (Å²) in [5.41, 5.74) is 2.18. The Bertz CT molecular complexity index is 1520. The second kappa shape index (κ2) is 9.82. The predicted molar refractivity (Wildman–Crippen MR) is 135 cm³/mol. The molecule has 0 spiro atoms. The van der Waals surface area contributed by atoms with Gasteiger partial charge in [0.05, 0.1) is 27.5 Å². The van der Waals surface area contributed by atoms with E-state index < -0.39 is 15.9 Å². The number of hydrogen-bond acceptors (Lipinski definition) is 5. The van der Waals surface area contributed by atoms with Gasteiger partial charge >= 0.3 is 0 Å². The van der Waals surface area contributed by atoms with Crippen LogP contribution in [-0.4, -0.2) is 25.5 Å². The summed E-state index contributed by atoms with van der Waals surface area (Å²) in [6, 6.07) is 18.7. The number of sulfonamides is 1. The zero-order valence-corrected chi connectivity index (χ0v) is 20.7. The number of ether oxygens (including phenoxy) is 1. The molecule has 7 nitrogen and oxygen atoms in total. The van der Waals surface area contributed by atoms with Gasteiger partial charge in [0.2, 0.25) is 0 Å². The topological polar surface area (TPSA) is 89.8 Å². The van der Waals surface area contributed by atoms with E-state index in [0.29, 0.717) is 18.0 Å². The number of nitrogens with zero attached hydrogens (tertiary/aromatic N) is 2. The third kappa shape index (κ3) is 4.76. The Morgan fingerprint density at radius 2 is 1.76 bits per heavy atom. The van der Waals surface area contributed by atoms with E-state index in [4.69, 9.17) is 4.74 Å². The van der Waals surface area contributed by atoms with Crippen molar-refractivity contribution in [1.29, 1.82) is 0 Å². The van der Waals surface area contributed by atoms with Gasteiger partial charge in [-0.3, -0.25) is 9.52 Å². The molecule has 0 radical (unpaired) electrons. The minimum Gasteiger partial charge on any atom is -0.492 e. The number of aromatic nitrogens is 1. The summed E-state index contributed by atoms with van der Waals surface area (Å²) in [7, 11) is -3.87. The number of aryl methyl sites for hydroxylation is 2. The zero-order valence-electron chi connectivity index (χ0n) is 19.1. The van der Waals surface area contributed by atoms with Crippen LogP contribution in [0, 0.1) is 6.92 Å². The number of carbonyl (C=O) groups excluding carboxylic acids is 1. The molecular weight excluding hydrogens is 470 g/mol. The lowest BCUT2D eigenvalue weighted by Crippen LogP contribution is -2.18. The first-order chi connectivity index (χ1) is 16.3. The lowest BCUT2D eigenvalue weighted by Gasteiger charge is -2.11. The first-order valence-corrected chi connectivity index (χ1v) is 13.2. The number of anilines is 1. The lowest BCUT2D eigenvalue weighted by atomic mass is 10.2. The van der Waals surface area contributed by atoms with E-state index in [2.05, 4.69) is 9.71 Å². The fraction of sp³-hybridized carbons (Fsp3) is 0.200. The van der Waals surface area contributed by atoms with Crippen LogP contribution in [0.15, 0.2) is 76.6 Å². The van der Waals surface area contributed by atoms with Crippen molar-refractivity contribution >= 4 is 43.2 Å². The van der Waals surface area contributed by atoms with Crippen LogP contribution in [-0.2, 0) is 16.6 Å². The van der Waals surface area contributed by atoms with Gasteiger partial charge in [0.1, 0.15) is 11.3 Å². The average molecular weight is 496 g/mol. The predicted octanol–water partition coefficient (Wildman–Crippen LogP) is 4.97. The Labute approximate surface area is 202 Å². The molecule has 0 bridgehead atoms. The second-order valence-electron chi connectivity index (χ2n) is 7.55. The summed E-state index contributed by atoms with van der Waals surface area (Å²) in [4.78, 5) is 18.2. The van der Waals surface area contributed by atoms with Crippen molar-refractivity contribution in [1.82, 2.24) is 4.57 Å². The molecule has 1 N–H and O–H groups in total. The molecule has 0 saturated carbocycles. The van der Waals surface area contributed by atoms with Gasteiger partial charge in [-0.25, -0.2) is 8.42 Å². The number of amides is 1. The summed E-state index contributed by atoms with van der Waals surface area (Å²) in [5.74, 6) is 0.201. The van der Waals surface area contributed by atoms with Crippen LogP contribution in [0.1, 0.15) is 29.8 Å². The van der Waals surface area contributed by atoms with E-state index in [0.717, 1.165) is 21.5 Å². The number of hydrogen-bond donors (Lipinski definition) is 1. The Balaban J connectivity index is 1.75. The molecule has 0 aliphatic carbocycles. The second-order valence-corrected chi connectivity index (χ2v) is 10.2. The van der Waals surface area contributed by atoms with Crippen molar-refractivity contribution in [2.45, 2.75) is 32.2 Å². The number of nitrogens with one attached hydrogen (secondary N) is 1. The molecule has 4 aromatic rings. The third-order valence-electron chi connectivity index (χ3n) is 5.21. The highest BCUT2D eigenvalue weighted by Crippen LogP contribution is 2.28. The Kier molecular flexibility index (Phi) is 6.85. The standard InChI is InChI=1S/C25H25N3O4S2/c1-4-28-23-21(32-5-2)11-8-12-22(23)33-25(28)26-24(29)19-9-6-7-10-20(19)27-34(30,31)18-15-13-17(3)14-16-18/h6-16,27H,4-5H2,1-3H3. The molecular formula is C25H25N3O4S2. The van der Waals surface area contributed by atoms with E-state index in [1.165, 1.54) is 23.5 Å². The van der Waals surface area contributed by atoms with Crippen LogP contribution in [0.3, 0.4) is 0 Å². The number of benzene rings is 3. The number of para-hydroxylation sites is 2. The minimum absolute atomic E-state index is 0.120. The highest BCUT2D eigenvalue weighted by Gasteiger charge is 2.19. The monoisotopic (exact) mass is 495 g/mol. The SMILES string of the molecule is CCOc1cccc2sc(=NC(=O)c3ccccc3NS(=O)(=O)c3ccc(C)cc3)n(CC)c12. The molecule has 176 valence electrons. The summed E-state index contributed by atoms with van der Waals surface area (Å²) in [6.07, 6.45) is 0. The molecule has 0 unspecified atom stereocenters. The molecule has 1 heterocycles. The molecule has 1 aromatic heterocycles. The first-order valence-electron chi connectivity index (χ1n) is 10.9. The summed E-state index contributed by atoms with van der Waals surface area (Å²) < 4.78 is 37.0.